The zero-order valence-corrected chi connectivity index (χ0v) is 14.0. The SMILES string of the molecule is CN(CCc1cn[nH]c1)C(=O)c1cccc(CCC(C)(C)O)c1. The molecule has 5 heteroatoms. The van der Waals surface area contributed by atoms with Crippen LogP contribution < -0.4 is 0 Å². The molecular formula is C18H25N3O2. The number of amides is 1. The normalized spacial score (nSPS) is 11.5. The number of nitrogens with one attached hydrogen (secondary N) is 1. The van der Waals surface area contributed by atoms with E-state index < -0.39 is 5.60 Å². The topological polar surface area (TPSA) is 69.2 Å². The van der Waals surface area contributed by atoms with Crippen molar-refractivity contribution < 1.29 is 9.90 Å². The Bertz CT molecular complexity index is 630. The number of rotatable bonds is 7. The third kappa shape index (κ3) is 5.53. The van der Waals surface area contributed by atoms with Crippen LogP contribution in [0.4, 0.5) is 0 Å². The van der Waals surface area contributed by atoms with E-state index in [1.165, 1.54) is 0 Å². The quantitative estimate of drug-likeness (QED) is 0.824. The van der Waals surface area contributed by atoms with Crippen molar-refractivity contribution in [2.24, 2.45) is 0 Å². The molecule has 0 saturated heterocycles. The van der Waals surface area contributed by atoms with E-state index in [4.69, 9.17) is 0 Å². The summed E-state index contributed by atoms with van der Waals surface area (Å²) in [5.41, 5.74) is 2.15. The second-order valence-corrected chi connectivity index (χ2v) is 6.60. The van der Waals surface area contributed by atoms with Crippen LogP contribution in [0.15, 0.2) is 36.7 Å². The predicted molar refractivity (Wildman–Crippen MR) is 90.3 cm³/mol. The number of aromatic nitrogens is 2. The zero-order valence-electron chi connectivity index (χ0n) is 14.0. The van der Waals surface area contributed by atoms with Crippen molar-refractivity contribution in [2.75, 3.05) is 13.6 Å². The first-order chi connectivity index (χ1) is 10.8. The summed E-state index contributed by atoms with van der Waals surface area (Å²) in [7, 11) is 1.81. The lowest BCUT2D eigenvalue weighted by atomic mass is 9.98. The summed E-state index contributed by atoms with van der Waals surface area (Å²) < 4.78 is 0. The Morgan fingerprint density at radius 3 is 2.74 bits per heavy atom. The maximum Gasteiger partial charge on any atom is 0.253 e. The summed E-state index contributed by atoms with van der Waals surface area (Å²) in [6.45, 7) is 4.24. The third-order valence-corrected chi connectivity index (χ3v) is 3.84. The van der Waals surface area contributed by atoms with Gasteiger partial charge in [0.05, 0.1) is 11.8 Å². The molecule has 0 aliphatic rings. The number of aliphatic hydroxyl groups is 1. The zero-order chi connectivity index (χ0) is 16.9. The van der Waals surface area contributed by atoms with Crippen LogP contribution in [0.1, 0.15) is 41.8 Å². The Kier molecular flexibility index (Phi) is 5.55. The molecule has 23 heavy (non-hydrogen) atoms. The number of aryl methyl sites for hydroxylation is 1. The van der Waals surface area contributed by atoms with Crippen molar-refractivity contribution in [2.45, 2.75) is 38.7 Å². The summed E-state index contributed by atoms with van der Waals surface area (Å²) >= 11 is 0. The minimum absolute atomic E-state index is 0.0126. The Morgan fingerprint density at radius 2 is 2.09 bits per heavy atom. The summed E-state index contributed by atoms with van der Waals surface area (Å²) in [5.74, 6) is 0.0126. The van der Waals surface area contributed by atoms with Gasteiger partial charge in [0.15, 0.2) is 0 Å². The van der Waals surface area contributed by atoms with E-state index in [2.05, 4.69) is 10.2 Å². The van der Waals surface area contributed by atoms with E-state index in [-0.39, 0.29) is 5.91 Å². The number of nitrogens with zero attached hydrogens (tertiary/aromatic N) is 2. The highest BCUT2D eigenvalue weighted by Gasteiger charge is 2.15. The molecule has 0 spiro atoms. The lowest BCUT2D eigenvalue weighted by Gasteiger charge is -2.18. The molecule has 0 saturated carbocycles. The fraction of sp³-hybridized carbons (Fsp3) is 0.444. The number of carbonyl (C=O) groups excluding carboxylic acids is 1. The number of carbonyl (C=O) groups is 1. The van der Waals surface area contributed by atoms with E-state index in [0.717, 1.165) is 24.0 Å². The average molecular weight is 315 g/mol. The van der Waals surface area contributed by atoms with Gasteiger partial charge in [0, 0.05) is 25.4 Å². The monoisotopic (exact) mass is 315 g/mol. The van der Waals surface area contributed by atoms with Crippen LogP contribution in [-0.4, -0.2) is 45.3 Å². The molecule has 0 unspecified atom stereocenters. The number of H-pyrrole nitrogens is 1. The van der Waals surface area contributed by atoms with E-state index >= 15 is 0 Å². The summed E-state index contributed by atoms with van der Waals surface area (Å²) in [6.07, 6.45) is 5.81. The standard InChI is InChI=1S/C18H25N3O2/c1-18(2,23)9-7-14-5-4-6-16(11-14)17(22)21(3)10-8-15-12-19-20-13-15/h4-6,11-13,23H,7-10H2,1-3H3,(H,19,20). The van der Waals surface area contributed by atoms with Gasteiger partial charge in [0.25, 0.3) is 5.91 Å². The van der Waals surface area contributed by atoms with Crippen LogP contribution in [0.3, 0.4) is 0 Å². The Morgan fingerprint density at radius 1 is 1.30 bits per heavy atom. The van der Waals surface area contributed by atoms with Crippen molar-refractivity contribution in [1.82, 2.24) is 15.1 Å². The van der Waals surface area contributed by atoms with Crippen molar-refractivity contribution in [3.63, 3.8) is 0 Å². The second kappa shape index (κ2) is 7.42. The number of hydrogen-bond acceptors (Lipinski definition) is 3. The van der Waals surface area contributed by atoms with Crippen molar-refractivity contribution in [3.8, 4) is 0 Å². The van der Waals surface area contributed by atoms with Crippen LogP contribution >= 0.6 is 0 Å². The van der Waals surface area contributed by atoms with Gasteiger partial charge < -0.3 is 10.0 Å². The van der Waals surface area contributed by atoms with Crippen molar-refractivity contribution >= 4 is 5.91 Å². The number of benzene rings is 1. The van der Waals surface area contributed by atoms with Crippen LogP contribution in [0.5, 0.6) is 0 Å². The molecule has 0 fully saturated rings. The third-order valence-electron chi connectivity index (χ3n) is 3.84. The maximum absolute atomic E-state index is 12.5. The van der Waals surface area contributed by atoms with Gasteiger partial charge in [-0.2, -0.15) is 5.10 Å². The minimum Gasteiger partial charge on any atom is -0.390 e. The van der Waals surface area contributed by atoms with Gasteiger partial charge in [0.2, 0.25) is 0 Å². The van der Waals surface area contributed by atoms with Crippen LogP contribution in [-0.2, 0) is 12.8 Å². The van der Waals surface area contributed by atoms with E-state index in [9.17, 15) is 9.90 Å². The van der Waals surface area contributed by atoms with E-state index in [0.29, 0.717) is 18.5 Å². The van der Waals surface area contributed by atoms with E-state index in [1.807, 2.05) is 37.5 Å². The molecule has 1 heterocycles. The number of likely N-dealkylation sites (N-methyl/N-ethyl adjacent to an activating group) is 1. The van der Waals surface area contributed by atoms with Gasteiger partial charge in [-0.25, -0.2) is 0 Å². The lowest BCUT2D eigenvalue weighted by Crippen LogP contribution is -2.28. The summed E-state index contributed by atoms with van der Waals surface area (Å²) in [6, 6.07) is 7.65. The number of hydrogen-bond donors (Lipinski definition) is 2. The van der Waals surface area contributed by atoms with Gasteiger partial charge in [-0.3, -0.25) is 9.89 Å². The minimum atomic E-state index is -0.693. The predicted octanol–water partition coefficient (Wildman–Crippen LogP) is 2.43. The van der Waals surface area contributed by atoms with Gasteiger partial charge >= 0.3 is 0 Å². The fourth-order valence-electron chi connectivity index (χ4n) is 2.34. The molecule has 2 rings (SSSR count). The molecule has 1 aromatic heterocycles. The van der Waals surface area contributed by atoms with E-state index in [1.54, 1.807) is 24.9 Å². The Hall–Kier alpha value is -2.14. The van der Waals surface area contributed by atoms with Crippen molar-refractivity contribution in [1.29, 1.82) is 0 Å². The van der Waals surface area contributed by atoms with Crippen molar-refractivity contribution in [3.05, 3.63) is 53.3 Å². The lowest BCUT2D eigenvalue weighted by molar-refractivity contribution is 0.0714. The highest BCUT2D eigenvalue weighted by Crippen LogP contribution is 2.15. The fourth-order valence-corrected chi connectivity index (χ4v) is 2.34. The molecule has 0 aliphatic carbocycles. The summed E-state index contributed by atoms with van der Waals surface area (Å²) in [5, 5.41) is 16.5. The highest BCUT2D eigenvalue weighted by molar-refractivity contribution is 5.94. The Balaban J connectivity index is 1.95. The smallest absolute Gasteiger partial charge is 0.253 e. The molecule has 0 atom stereocenters. The summed E-state index contributed by atoms with van der Waals surface area (Å²) in [4.78, 5) is 14.2. The molecule has 0 aliphatic heterocycles. The van der Waals surface area contributed by atoms with Gasteiger partial charge in [-0.15, -0.1) is 0 Å². The van der Waals surface area contributed by atoms with Gasteiger partial charge in [-0.1, -0.05) is 12.1 Å². The molecule has 0 bridgehead atoms. The van der Waals surface area contributed by atoms with Gasteiger partial charge in [0.1, 0.15) is 0 Å². The first kappa shape index (κ1) is 17.2. The second-order valence-electron chi connectivity index (χ2n) is 6.60. The first-order valence-corrected chi connectivity index (χ1v) is 7.89. The Labute approximate surface area is 137 Å². The van der Waals surface area contributed by atoms with Crippen LogP contribution in [0.25, 0.3) is 0 Å². The molecule has 5 nitrogen and oxygen atoms in total. The molecule has 2 aromatic rings. The number of aromatic amines is 1. The van der Waals surface area contributed by atoms with Gasteiger partial charge in [-0.05, 0) is 56.4 Å². The van der Waals surface area contributed by atoms with Crippen LogP contribution in [0, 0.1) is 0 Å². The van der Waals surface area contributed by atoms with Crippen LogP contribution in [0.2, 0.25) is 0 Å². The molecule has 0 radical (unpaired) electrons. The molecule has 2 N–H and O–H groups in total. The molecule has 1 aromatic carbocycles. The largest absolute Gasteiger partial charge is 0.390 e. The molecular weight excluding hydrogens is 290 g/mol. The maximum atomic E-state index is 12.5. The average Bonchev–Trinajstić information content (AvgIpc) is 3.03. The molecule has 124 valence electrons. The highest BCUT2D eigenvalue weighted by atomic mass is 16.3. The first-order valence-electron chi connectivity index (χ1n) is 7.89. The molecule has 1 amide bonds.